The summed E-state index contributed by atoms with van der Waals surface area (Å²) in [6.07, 6.45) is -5.43. The molecule has 0 fully saturated rings. The average Bonchev–Trinajstić information content (AvgIpc) is 2.16. The number of ether oxygens (including phenoxy) is 2. The topological polar surface area (TPSA) is 134 Å². The predicted molar refractivity (Wildman–Crippen MR) is 49.2 cm³/mol. The molecule has 94 valence electrons. The summed E-state index contributed by atoms with van der Waals surface area (Å²) in [5.74, 6) is 0. The van der Waals surface area contributed by atoms with Gasteiger partial charge in [0.25, 0.3) is 0 Å². The minimum atomic E-state index is -1.46. The van der Waals surface area contributed by atoms with E-state index >= 15 is 0 Å². The molecule has 16 heavy (non-hydrogen) atoms. The molecule has 0 bridgehead atoms. The Morgan fingerprint density at radius 1 is 0.875 bits per heavy atom. The highest BCUT2D eigenvalue weighted by Gasteiger charge is 2.17. The van der Waals surface area contributed by atoms with Crippen molar-refractivity contribution in [1.82, 2.24) is 0 Å². The van der Waals surface area contributed by atoms with Gasteiger partial charge in [-0.05, 0) is 0 Å². The Morgan fingerprint density at radius 3 is 1.44 bits per heavy atom. The fourth-order valence-corrected chi connectivity index (χ4v) is 0.919. The van der Waals surface area contributed by atoms with Gasteiger partial charge in [-0.2, -0.15) is 0 Å². The minimum Gasteiger partial charge on any atom is -0.450 e. The predicted octanol–water partition coefficient (Wildman–Crippen LogP) is -0.122. The zero-order valence-corrected chi connectivity index (χ0v) is 8.40. The van der Waals surface area contributed by atoms with Gasteiger partial charge in [-0.15, -0.1) is 0 Å². The normalized spacial score (nSPS) is 13.9. The van der Waals surface area contributed by atoms with Crippen LogP contribution in [0.15, 0.2) is 0 Å². The van der Waals surface area contributed by atoms with Crippen molar-refractivity contribution in [3.05, 3.63) is 0 Å². The van der Waals surface area contributed by atoms with Gasteiger partial charge in [-0.3, -0.25) is 0 Å². The summed E-state index contributed by atoms with van der Waals surface area (Å²) >= 11 is 0. The van der Waals surface area contributed by atoms with Crippen molar-refractivity contribution < 1.29 is 39.5 Å². The molecule has 0 aliphatic carbocycles. The van der Waals surface area contributed by atoms with E-state index < -0.39 is 24.5 Å². The molecule has 0 aromatic heterocycles. The van der Waals surface area contributed by atoms with Crippen LogP contribution in [0.2, 0.25) is 0 Å². The molecular formula is C8H14O8. The van der Waals surface area contributed by atoms with Crippen LogP contribution in [0.5, 0.6) is 0 Å². The second kappa shape index (κ2) is 7.71. The second-order valence-corrected chi connectivity index (χ2v) is 2.94. The number of aliphatic hydroxyl groups is 2. The summed E-state index contributed by atoms with van der Waals surface area (Å²) in [7, 11) is 0. The smallest absolute Gasteiger partial charge is 0.450 e. The van der Waals surface area contributed by atoms with E-state index in [1.165, 1.54) is 0 Å². The summed E-state index contributed by atoms with van der Waals surface area (Å²) in [5.41, 5.74) is 0. The van der Waals surface area contributed by atoms with Gasteiger partial charge in [0.15, 0.2) is 0 Å². The molecule has 0 rings (SSSR count). The summed E-state index contributed by atoms with van der Waals surface area (Å²) in [4.78, 5) is 19.9. The molecule has 0 saturated carbocycles. The molecule has 0 aromatic carbocycles. The Balaban J connectivity index is 3.60. The molecule has 8 nitrogen and oxygen atoms in total. The second-order valence-electron chi connectivity index (χ2n) is 2.94. The molecule has 8 heteroatoms. The molecule has 0 amide bonds. The molecule has 4 N–H and O–H groups in total. The summed E-state index contributed by atoms with van der Waals surface area (Å²) in [6, 6.07) is 0. The highest BCUT2D eigenvalue weighted by molar-refractivity contribution is 5.56. The van der Waals surface area contributed by atoms with Crippen LogP contribution in [-0.4, -0.2) is 58.2 Å². The van der Waals surface area contributed by atoms with Crippen LogP contribution in [0.4, 0.5) is 9.59 Å². The highest BCUT2D eigenvalue weighted by Crippen LogP contribution is 2.04. The standard InChI is InChI=1S/C8H14O8/c9-5(1-3-15-7(11)12)6(10)2-4-16-8(13)14/h5-6,9-10H,1-4H2,(H,11,12)(H,13,14). The quantitative estimate of drug-likeness (QED) is 0.451. The SMILES string of the molecule is O=C(O)OCCC(O)C(O)CCOC(=O)O. The van der Waals surface area contributed by atoms with E-state index in [9.17, 15) is 19.8 Å². The average molecular weight is 238 g/mol. The molecule has 2 atom stereocenters. The number of carbonyl (C=O) groups is 2. The first-order valence-electron chi connectivity index (χ1n) is 4.51. The summed E-state index contributed by atoms with van der Waals surface area (Å²) < 4.78 is 8.25. The molecule has 0 spiro atoms. The Morgan fingerprint density at radius 2 is 1.19 bits per heavy atom. The Hall–Kier alpha value is -1.54. The third-order valence-electron chi connectivity index (χ3n) is 1.72. The van der Waals surface area contributed by atoms with Crippen LogP contribution in [0.25, 0.3) is 0 Å². The van der Waals surface area contributed by atoms with Crippen LogP contribution in [0.1, 0.15) is 12.8 Å². The van der Waals surface area contributed by atoms with Gasteiger partial charge in [0.1, 0.15) is 0 Å². The molecule has 0 saturated heterocycles. The lowest BCUT2D eigenvalue weighted by Gasteiger charge is -2.16. The van der Waals surface area contributed by atoms with E-state index in [0.29, 0.717) is 0 Å². The number of carboxylic acid groups (broad SMARTS) is 2. The zero-order valence-electron chi connectivity index (χ0n) is 8.40. The van der Waals surface area contributed by atoms with Gasteiger partial charge < -0.3 is 29.9 Å². The molecule has 0 aromatic rings. The van der Waals surface area contributed by atoms with E-state index in [2.05, 4.69) is 9.47 Å². The fraction of sp³-hybridized carbons (Fsp3) is 0.750. The highest BCUT2D eigenvalue weighted by atomic mass is 16.7. The Kier molecular flexibility index (Phi) is 6.97. The lowest BCUT2D eigenvalue weighted by molar-refractivity contribution is -0.0160. The first-order chi connectivity index (χ1) is 7.43. The minimum absolute atomic E-state index is 0.0689. The maximum absolute atomic E-state index is 9.95. The lowest BCUT2D eigenvalue weighted by atomic mass is 10.1. The van der Waals surface area contributed by atoms with Crippen LogP contribution in [0.3, 0.4) is 0 Å². The Labute approximate surface area is 91.0 Å². The van der Waals surface area contributed by atoms with Gasteiger partial charge >= 0.3 is 12.3 Å². The molecule has 0 aliphatic heterocycles. The summed E-state index contributed by atoms with van der Waals surface area (Å²) in [5, 5.41) is 34.8. The van der Waals surface area contributed by atoms with Gasteiger partial charge in [-0.25, -0.2) is 9.59 Å². The van der Waals surface area contributed by atoms with Gasteiger partial charge in [0, 0.05) is 12.8 Å². The first-order valence-corrected chi connectivity index (χ1v) is 4.51. The van der Waals surface area contributed by atoms with E-state index in [-0.39, 0.29) is 26.1 Å². The number of aliphatic hydroxyl groups excluding tert-OH is 2. The maximum Gasteiger partial charge on any atom is 0.505 e. The number of hydrogen-bond acceptors (Lipinski definition) is 6. The molecule has 0 radical (unpaired) electrons. The number of hydrogen-bond donors (Lipinski definition) is 4. The van der Waals surface area contributed by atoms with E-state index in [4.69, 9.17) is 10.2 Å². The molecule has 0 heterocycles. The number of rotatable bonds is 7. The maximum atomic E-state index is 9.95. The van der Waals surface area contributed by atoms with E-state index in [0.717, 1.165) is 0 Å². The van der Waals surface area contributed by atoms with Crippen LogP contribution in [0, 0.1) is 0 Å². The van der Waals surface area contributed by atoms with Gasteiger partial charge in [-0.1, -0.05) is 0 Å². The van der Waals surface area contributed by atoms with Gasteiger partial charge in [0.05, 0.1) is 25.4 Å². The van der Waals surface area contributed by atoms with Crippen molar-refractivity contribution in [2.75, 3.05) is 13.2 Å². The van der Waals surface area contributed by atoms with Crippen molar-refractivity contribution in [1.29, 1.82) is 0 Å². The van der Waals surface area contributed by atoms with Crippen molar-refractivity contribution in [2.24, 2.45) is 0 Å². The van der Waals surface area contributed by atoms with Crippen molar-refractivity contribution >= 4 is 12.3 Å². The van der Waals surface area contributed by atoms with Crippen LogP contribution in [-0.2, 0) is 9.47 Å². The molecular weight excluding hydrogens is 224 g/mol. The molecule has 2 unspecified atom stereocenters. The van der Waals surface area contributed by atoms with Gasteiger partial charge in [0.2, 0.25) is 0 Å². The van der Waals surface area contributed by atoms with Crippen LogP contribution < -0.4 is 0 Å². The first kappa shape index (κ1) is 14.5. The fourth-order valence-electron chi connectivity index (χ4n) is 0.919. The van der Waals surface area contributed by atoms with E-state index in [1.54, 1.807) is 0 Å². The summed E-state index contributed by atoms with van der Waals surface area (Å²) in [6.45, 7) is -0.485. The van der Waals surface area contributed by atoms with Crippen molar-refractivity contribution in [3.8, 4) is 0 Å². The van der Waals surface area contributed by atoms with Crippen molar-refractivity contribution in [2.45, 2.75) is 25.0 Å². The van der Waals surface area contributed by atoms with E-state index in [1.807, 2.05) is 0 Å². The monoisotopic (exact) mass is 238 g/mol. The molecule has 0 aliphatic rings. The third-order valence-corrected chi connectivity index (χ3v) is 1.72. The Bertz CT molecular complexity index is 204. The lowest BCUT2D eigenvalue weighted by Crippen LogP contribution is -2.29. The largest absolute Gasteiger partial charge is 0.505 e. The zero-order chi connectivity index (χ0) is 12.6. The van der Waals surface area contributed by atoms with Crippen LogP contribution >= 0.6 is 0 Å². The van der Waals surface area contributed by atoms with Crippen molar-refractivity contribution in [3.63, 3.8) is 0 Å². The third kappa shape index (κ3) is 7.83.